The highest BCUT2D eigenvalue weighted by Gasteiger charge is 2.15. The molecule has 0 fully saturated rings. The molecule has 0 N–H and O–H groups in total. The lowest BCUT2D eigenvalue weighted by atomic mass is 10.1. The second-order valence-electron chi connectivity index (χ2n) is 7.29. The number of hydrogen-bond acceptors (Lipinski definition) is 6. The molecule has 154 valence electrons. The number of hydrogen-bond donors (Lipinski definition) is 0. The van der Waals surface area contributed by atoms with Gasteiger partial charge in [0, 0.05) is 10.6 Å². The molecule has 0 radical (unpaired) electrons. The molecule has 31 heavy (non-hydrogen) atoms. The summed E-state index contributed by atoms with van der Waals surface area (Å²) in [6, 6.07) is 13.4. The van der Waals surface area contributed by atoms with Crippen molar-refractivity contribution in [2.75, 3.05) is 0 Å². The first-order valence-electron chi connectivity index (χ1n) is 9.59. The lowest BCUT2D eigenvalue weighted by Gasteiger charge is -2.06. The smallest absolute Gasteiger partial charge is 0.264 e. The minimum absolute atomic E-state index is 0.113. The molecule has 2 aromatic carbocycles. The van der Waals surface area contributed by atoms with Crippen LogP contribution in [0.4, 0.5) is 0 Å². The third kappa shape index (κ3) is 3.51. The van der Waals surface area contributed by atoms with Gasteiger partial charge in [-0.2, -0.15) is 10.1 Å². The first kappa shape index (κ1) is 19.2. The molecular weight excluding hydrogens is 416 g/mol. The van der Waals surface area contributed by atoms with Crippen LogP contribution >= 0.6 is 11.6 Å². The monoisotopic (exact) mass is 432 g/mol. The first-order chi connectivity index (χ1) is 15.0. The molecule has 5 aromatic rings. The van der Waals surface area contributed by atoms with Gasteiger partial charge >= 0.3 is 0 Å². The zero-order valence-electron chi connectivity index (χ0n) is 16.8. The Balaban J connectivity index is 1.47. The molecule has 3 heterocycles. The molecule has 0 amide bonds. The molecule has 0 aliphatic carbocycles. The van der Waals surface area contributed by atoms with Crippen LogP contribution in [0.1, 0.15) is 17.0 Å². The van der Waals surface area contributed by atoms with Gasteiger partial charge in [-0.3, -0.25) is 9.36 Å². The summed E-state index contributed by atoms with van der Waals surface area (Å²) in [7, 11) is 0. The van der Waals surface area contributed by atoms with Crippen molar-refractivity contribution in [1.82, 2.24) is 29.5 Å². The van der Waals surface area contributed by atoms with Gasteiger partial charge in [-0.15, -0.1) is 0 Å². The highest BCUT2D eigenvalue weighted by Crippen LogP contribution is 2.21. The zero-order valence-corrected chi connectivity index (χ0v) is 17.5. The number of nitrogens with zero attached hydrogens (tertiary/aromatic N) is 6. The quantitative estimate of drug-likeness (QED) is 0.427. The Morgan fingerprint density at radius 1 is 1.13 bits per heavy atom. The van der Waals surface area contributed by atoms with Gasteiger partial charge in [0.25, 0.3) is 5.56 Å². The van der Waals surface area contributed by atoms with Gasteiger partial charge in [-0.05, 0) is 37.6 Å². The molecule has 0 unspecified atom stereocenters. The maximum absolute atomic E-state index is 13.0. The van der Waals surface area contributed by atoms with Crippen molar-refractivity contribution in [2.45, 2.75) is 20.4 Å². The second kappa shape index (κ2) is 7.48. The van der Waals surface area contributed by atoms with Crippen molar-refractivity contribution in [3.8, 4) is 17.1 Å². The summed E-state index contributed by atoms with van der Waals surface area (Å²) in [5.74, 6) is 0.794. The van der Waals surface area contributed by atoms with Crippen LogP contribution in [0, 0.1) is 13.8 Å². The predicted octanol–water partition coefficient (Wildman–Crippen LogP) is 3.95. The van der Waals surface area contributed by atoms with E-state index >= 15 is 0 Å². The van der Waals surface area contributed by atoms with Crippen LogP contribution in [0.3, 0.4) is 0 Å². The molecular formula is C22H17ClN6O2. The summed E-state index contributed by atoms with van der Waals surface area (Å²) in [5.41, 5.74) is 3.85. The molecule has 5 rings (SSSR count). The Bertz CT molecular complexity index is 1480. The van der Waals surface area contributed by atoms with Gasteiger partial charge in [-0.1, -0.05) is 46.6 Å². The van der Waals surface area contributed by atoms with Crippen molar-refractivity contribution in [3.63, 3.8) is 0 Å². The highest BCUT2D eigenvalue weighted by molar-refractivity contribution is 6.31. The number of aryl methyl sites for hydroxylation is 2. The number of fused-ring (bicyclic) bond motifs is 1. The number of benzene rings is 2. The summed E-state index contributed by atoms with van der Waals surface area (Å²) in [6.45, 7) is 4.03. The standard InChI is InChI=1S/C22H17ClN6O2/c1-13-4-3-5-15(8-13)20-26-19(31-27-20)11-28-12-24-21-17(22(28)30)10-25-29(21)16-7-6-14(2)18(23)9-16/h3-10,12H,11H2,1-2H3. The summed E-state index contributed by atoms with van der Waals surface area (Å²) in [6.07, 6.45) is 2.95. The Morgan fingerprint density at radius 3 is 2.81 bits per heavy atom. The summed E-state index contributed by atoms with van der Waals surface area (Å²) >= 11 is 6.23. The molecule has 0 aliphatic rings. The van der Waals surface area contributed by atoms with Crippen LogP contribution in [0.2, 0.25) is 5.02 Å². The molecule has 8 nitrogen and oxygen atoms in total. The van der Waals surface area contributed by atoms with Crippen LogP contribution < -0.4 is 5.56 Å². The molecule has 3 aromatic heterocycles. The summed E-state index contributed by atoms with van der Waals surface area (Å²) < 4.78 is 8.36. The minimum Gasteiger partial charge on any atom is -0.337 e. The average molecular weight is 433 g/mol. The maximum Gasteiger partial charge on any atom is 0.264 e. The highest BCUT2D eigenvalue weighted by atomic mass is 35.5. The van der Waals surface area contributed by atoms with E-state index in [-0.39, 0.29) is 12.1 Å². The van der Waals surface area contributed by atoms with Crippen molar-refractivity contribution in [2.24, 2.45) is 0 Å². The Hall–Kier alpha value is -3.78. The van der Waals surface area contributed by atoms with Crippen LogP contribution in [0.15, 0.2) is 64.3 Å². The normalized spacial score (nSPS) is 11.3. The molecule has 0 spiro atoms. The van der Waals surface area contributed by atoms with E-state index in [1.54, 1.807) is 10.7 Å². The van der Waals surface area contributed by atoms with Crippen LogP contribution in [0.5, 0.6) is 0 Å². The molecule has 0 bridgehead atoms. The lowest BCUT2D eigenvalue weighted by molar-refractivity contribution is 0.369. The van der Waals surface area contributed by atoms with Crippen molar-refractivity contribution >= 4 is 22.6 Å². The minimum atomic E-state index is -0.246. The number of halogens is 1. The van der Waals surface area contributed by atoms with Crippen LogP contribution in [-0.2, 0) is 6.54 Å². The predicted molar refractivity (Wildman–Crippen MR) is 116 cm³/mol. The fourth-order valence-corrected chi connectivity index (χ4v) is 3.50. The van der Waals surface area contributed by atoms with E-state index in [0.717, 1.165) is 22.4 Å². The first-order valence-corrected chi connectivity index (χ1v) is 9.97. The molecule has 9 heteroatoms. The van der Waals surface area contributed by atoms with Gasteiger partial charge < -0.3 is 4.52 Å². The van der Waals surface area contributed by atoms with Gasteiger partial charge in [-0.25, -0.2) is 9.67 Å². The number of rotatable bonds is 4. The Kier molecular flexibility index (Phi) is 4.63. The van der Waals surface area contributed by atoms with Crippen molar-refractivity contribution in [3.05, 3.63) is 87.4 Å². The maximum atomic E-state index is 13.0. The lowest BCUT2D eigenvalue weighted by Crippen LogP contribution is -2.21. The number of aromatic nitrogens is 6. The third-order valence-electron chi connectivity index (χ3n) is 5.00. The second-order valence-corrected chi connectivity index (χ2v) is 7.69. The summed E-state index contributed by atoms with van der Waals surface area (Å²) in [5, 5.41) is 9.36. The van der Waals surface area contributed by atoms with E-state index in [0.29, 0.717) is 27.8 Å². The van der Waals surface area contributed by atoms with Gasteiger partial charge in [0.2, 0.25) is 11.7 Å². The van der Waals surface area contributed by atoms with Crippen LogP contribution in [0.25, 0.3) is 28.1 Å². The SMILES string of the molecule is Cc1cccc(-c2noc(Cn3cnc4c(cnn4-c4ccc(C)c(Cl)c4)c3=O)n2)c1. The van der Waals surface area contributed by atoms with E-state index < -0.39 is 0 Å². The van der Waals surface area contributed by atoms with Gasteiger partial charge in [0.1, 0.15) is 18.3 Å². The van der Waals surface area contributed by atoms with E-state index in [1.165, 1.54) is 17.1 Å². The Morgan fingerprint density at radius 2 is 2.00 bits per heavy atom. The van der Waals surface area contributed by atoms with Gasteiger partial charge in [0.05, 0.1) is 11.9 Å². The topological polar surface area (TPSA) is 91.6 Å². The fourth-order valence-electron chi connectivity index (χ4n) is 3.33. The van der Waals surface area contributed by atoms with Crippen molar-refractivity contribution < 1.29 is 4.52 Å². The van der Waals surface area contributed by atoms with E-state index in [9.17, 15) is 4.79 Å². The fraction of sp³-hybridized carbons (Fsp3) is 0.136. The molecule has 0 aliphatic heterocycles. The molecule has 0 saturated heterocycles. The van der Waals surface area contributed by atoms with E-state index in [1.807, 2.05) is 50.2 Å². The zero-order chi connectivity index (χ0) is 21.5. The average Bonchev–Trinajstić information content (AvgIpc) is 3.40. The van der Waals surface area contributed by atoms with E-state index in [4.69, 9.17) is 16.1 Å². The molecule has 0 atom stereocenters. The third-order valence-corrected chi connectivity index (χ3v) is 5.41. The molecule has 0 saturated carbocycles. The van der Waals surface area contributed by atoms with Crippen LogP contribution in [-0.4, -0.2) is 29.5 Å². The van der Waals surface area contributed by atoms with Gasteiger partial charge in [0.15, 0.2) is 5.65 Å². The van der Waals surface area contributed by atoms with Crippen molar-refractivity contribution in [1.29, 1.82) is 0 Å². The largest absolute Gasteiger partial charge is 0.337 e. The van der Waals surface area contributed by atoms with E-state index in [2.05, 4.69) is 20.2 Å². The summed E-state index contributed by atoms with van der Waals surface area (Å²) in [4.78, 5) is 21.8. The Labute approximate surface area is 181 Å².